The number of esters is 1. The van der Waals surface area contributed by atoms with Crippen LogP contribution in [0.3, 0.4) is 0 Å². The molecule has 0 saturated carbocycles. The maximum absolute atomic E-state index is 12.4. The summed E-state index contributed by atoms with van der Waals surface area (Å²) < 4.78 is 8.14. The molecular formula is C42H42N12O7. The molecule has 2 saturated heterocycles. The SMILES string of the molecule is CCOC(=O)c1nn(-c2cccc(C#C[C@]3(O)CCN(C)C3=O)c2)c2nc(C)ncc12.Cc1ncc2c(C(N)=O)nn(-c3cccc(C#C[C@]4(O)CCN(C)C4=O)c3)c2n1.N. The number of likely N-dealkylation sites (N-methyl/N-ethyl adjacent to an activating group) is 2. The second-order valence-corrected chi connectivity index (χ2v) is 14.2. The molecule has 3 amide bonds. The highest BCUT2D eigenvalue weighted by Crippen LogP contribution is 2.25. The van der Waals surface area contributed by atoms with Crippen LogP contribution in [0.4, 0.5) is 0 Å². The van der Waals surface area contributed by atoms with Gasteiger partial charge in [0, 0.05) is 63.5 Å². The molecule has 0 unspecified atom stereocenters. The number of amides is 3. The van der Waals surface area contributed by atoms with E-state index in [9.17, 15) is 29.4 Å². The fraction of sp³-hybridized carbons (Fsp3) is 0.286. The summed E-state index contributed by atoms with van der Waals surface area (Å²) in [5.41, 5.74) is 5.59. The van der Waals surface area contributed by atoms with Gasteiger partial charge >= 0.3 is 5.97 Å². The van der Waals surface area contributed by atoms with Gasteiger partial charge in [-0.15, -0.1) is 0 Å². The first-order chi connectivity index (χ1) is 28.6. The van der Waals surface area contributed by atoms with Crippen molar-refractivity contribution in [3.63, 3.8) is 0 Å². The zero-order valence-electron chi connectivity index (χ0n) is 34.0. The third-order valence-corrected chi connectivity index (χ3v) is 9.82. The van der Waals surface area contributed by atoms with Crippen LogP contribution in [0, 0.1) is 37.5 Å². The molecule has 4 aromatic heterocycles. The van der Waals surface area contributed by atoms with E-state index in [2.05, 4.69) is 53.8 Å². The van der Waals surface area contributed by atoms with Gasteiger partial charge in [0.2, 0.25) is 11.2 Å². The minimum Gasteiger partial charge on any atom is -0.461 e. The lowest BCUT2D eigenvalue weighted by atomic mass is 10.0. The van der Waals surface area contributed by atoms with Crippen LogP contribution in [-0.2, 0) is 14.3 Å². The molecule has 2 aliphatic heterocycles. The van der Waals surface area contributed by atoms with Crippen LogP contribution < -0.4 is 11.9 Å². The average molecular weight is 827 g/mol. The van der Waals surface area contributed by atoms with Crippen molar-refractivity contribution in [2.75, 3.05) is 33.8 Å². The Morgan fingerprint density at radius 3 is 1.62 bits per heavy atom. The van der Waals surface area contributed by atoms with Crippen molar-refractivity contribution >= 4 is 45.8 Å². The maximum atomic E-state index is 12.4. The van der Waals surface area contributed by atoms with E-state index in [1.54, 1.807) is 89.6 Å². The van der Waals surface area contributed by atoms with Crippen molar-refractivity contribution in [1.29, 1.82) is 0 Å². The monoisotopic (exact) mass is 826 g/mol. The number of aliphatic hydroxyl groups is 2. The van der Waals surface area contributed by atoms with E-state index in [0.29, 0.717) is 69.3 Å². The van der Waals surface area contributed by atoms with Gasteiger partial charge < -0.3 is 36.6 Å². The Kier molecular flexibility index (Phi) is 12.0. The Bertz CT molecular complexity index is 2870. The lowest BCUT2D eigenvalue weighted by molar-refractivity contribution is -0.138. The number of rotatable bonds is 5. The van der Waals surface area contributed by atoms with Crippen LogP contribution in [0.2, 0.25) is 0 Å². The summed E-state index contributed by atoms with van der Waals surface area (Å²) in [4.78, 5) is 68.3. The third-order valence-electron chi connectivity index (χ3n) is 9.82. The summed E-state index contributed by atoms with van der Waals surface area (Å²) in [5.74, 6) is 10.2. The standard InChI is InChI=1S/C22H21N5O4.C20H18N6O3.H3N/c1-4-31-20(28)18-17-13-23-14(2)24-19(17)27(25-18)16-7-5-6-15(12-16)8-9-22(30)10-11-26(3)21(22)29;1-12-22-11-15-16(17(21)27)24-26(18(15)23-12)14-5-3-4-13(10-14)6-7-20(29)8-9-25(2)19(20)28;/h5-7,12-13,30H,4,10-11H2,1-3H3;3-5,10-11,29H,8-9H2,1-2H3,(H2,21,27);1H3/t22-;20-;/m00./s1. The number of aryl methyl sites for hydroxylation is 2. The zero-order chi connectivity index (χ0) is 42.9. The molecule has 312 valence electrons. The number of hydrogen-bond donors (Lipinski definition) is 4. The number of ether oxygens (including phenoxy) is 1. The second kappa shape index (κ2) is 17.0. The van der Waals surface area contributed by atoms with Crippen LogP contribution in [-0.4, -0.2) is 128 Å². The van der Waals surface area contributed by atoms with E-state index in [0.717, 1.165) is 0 Å². The molecular weight excluding hydrogens is 785 g/mol. The van der Waals surface area contributed by atoms with Crippen molar-refractivity contribution in [3.05, 3.63) is 95.1 Å². The summed E-state index contributed by atoms with van der Waals surface area (Å²) in [6.45, 7) is 6.34. The zero-order valence-corrected chi connectivity index (χ0v) is 34.0. The predicted molar refractivity (Wildman–Crippen MR) is 220 cm³/mol. The molecule has 19 nitrogen and oxygen atoms in total. The minimum absolute atomic E-state index is 0. The van der Waals surface area contributed by atoms with Gasteiger partial charge in [0.1, 0.15) is 11.6 Å². The number of hydrogen-bond acceptors (Lipinski definition) is 14. The summed E-state index contributed by atoms with van der Waals surface area (Å²) >= 11 is 0. The third kappa shape index (κ3) is 8.47. The highest BCUT2D eigenvalue weighted by molar-refractivity contribution is 6.03. The fourth-order valence-electron chi connectivity index (χ4n) is 6.59. The van der Waals surface area contributed by atoms with Gasteiger partial charge in [-0.25, -0.2) is 34.1 Å². The topological polar surface area (TPSA) is 273 Å². The maximum Gasteiger partial charge on any atom is 0.359 e. The first-order valence-corrected chi connectivity index (χ1v) is 18.8. The van der Waals surface area contributed by atoms with Crippen molar-refractivity contribution in [3.8, 4) is 35.1 Å². The number of aromatic nitrogens is 8. The first kappa shape index (κ1) is 43.0. The van der Waals surface area contributed by atoms with Gasteiger partial charge in [-0.2, -0.15) is 10.2 Å². The van der Waals surface area contributed by atoms with Crippen molar-refractivity contribution in [2.45, 2.75) is 44.8 Å². The quantitative estimate of drug-likeness (QED) is 0.142. The fourth-order valence-corrected chi connectivity index (χ4v) is 6.59. The van der Waals surface area contributed by atoms with Crippen LogP contribution in [0.25, 0.3) is 33.4 Å². The molecule has 0 bridgehead atoms. The molecule has 0 aliphatic carbocycles. The highest BCUT2D eigenvalue weighted by Gasteiger charge is 2.43. The smallest absolute Gasteiger partial charge is 0.359 e. The Balaban J connectivity index is 0.000000201. The van der Waals surface area contributed by atoms with Gasteiger partial charge in [-0.1, -0.05) is 35.8 Å². The number of fused-ring (bicyclic) bond motifs is 2. The van der Waals surface area contributed by atoms with E-state index in [4.69, 9.17) is 10.5 Å². The molecule has 6 heterocycles. The molecule has 8 rings (SSSR count). The second-order valence-electron chi connectivity index (χ2n) is 14.2. The molecule has 6 aromatic rings. The number of nitrogens with zero attached hydrogens (tertiary/aromatic N) is 10. The first-order valence-electron chi connectivity index (χ1n) is 18.8. The molecule has 2 fully saturated rings. The van der Waals surface area contributed by atoms with Crippen molar-refractivity contribution in [1.82, 2.24) is 55.4 Å². The number of nitrogens with two attached hydrogens (primary N) is 1. The van der Waals surface area contributed by atoms with E-state index in [-0.39, 0.29) is 37.0 Å². The molecule has 61 heavy (non-hydrogen) atoms. The highest BCUT2D eigenvalue weighted by atomic mass is 16.5. The number of carbonyl (C=O) groups is 4. The Hall–Kier alpha value is -7.58. The van der Waals surface area contributed by atoms with Crippen molar-refractivity contribution in [2.24, 2.45) is 5.73 Å². The van der Waals surface area contributed by atoms with E-state index in [1.165, 1.54) is 25.4 Å². The van der Waals surface area contributed by atoms with Crippen LogP contribution in [0.15, 0.2) is 60.9 Å². The average Bonchev–Trinajstić information content (AvgIpc) is 3.95. The Labute approximate surface area is 349 Å². The number of carbonyl (C=O) groups excluding carboxylic acids is 4. The lowest BCUT2D eigenvalue weighted by Gasteiger charge is -2.13. The summed E-state index contributed by atoms with van der Waals surface area (Å²) in [6.07, 6.45) is 3.59. The van der Waals surface area contributed by atoms with Crippen LogP contribution in [0.1, 0.15) is 63.5 Å². The summed E-state index contributed by atoms with van der Waals surface area (Å²) in [5, 5.41) is 30.6. The van der Waals surface area contributed by atoms with Gasteiger partial charge in [-0.3, -0.25) is 14.4 Å². The predicted octanol–water partition coefficient (Wildman–Crippen LogP) is 1.57. The number of likely N-dealkylation sites (tertiary alicyclic amines) is 2. The molecule has 0 radical (unpaired) electrons. The van der Waals surface area contributed by atoms with Gasteiger partial charge in [-0.05, 0) is 57.2 Å². The van der Waals surface area contributed by atoms with E-state index >= 15 is 0 Å². The lowest BCUT2D eigenvalue weighted by Crippen LogP contribution is -2.37. The van der Waals surface area contributed by atoms with Gasteiger partial charge in [0.15, 0.2) is 22.7 Å². The molecule has 2 atom stereocenters. The van der Waals surface area contributed by atoms with Crippen LogP contribution >= 0.6 is 0 Å². The van der Waals surface area contributed by atoms with E-state index < -0.39 is 34.9 Å². The van der Waals surface area contributed by atoms with E-state index in [1.807, 2.05) is 0 Å². The van der Waals surface area contributed by atoms with Gasteiger partial charge in [0.25, 0.3) is 17.7 Å². The molecule has 19 heteroatoms. The van der Waals surface area contributed by atoms with Crippen molar-refractivity contribution < 1.29 is 34.1 Å². The molecule has 7 N–H and O–H groups in total. The summed E-state index contributed by atoms with van der Waals surface area (Å²) in [7, 11) is 3.27. The van der Waals surface area contributed by atoms with Gasteiger partial charge in [0.05, 0.1) is 28.8 Å². The Morgan fingerprint density at radius 2 is 1.21 bits per heavy atom. The molecule has 0 spiro atoms. The summed E-state index contributed by atoms with van der Waals surface area (Å²) in [6, 6.07) is 14.1. The molecule has 2 aliphatic rings. The minimum atomic E-state index is -1.68. The Morgan fingerprint density at radius 1 is 0.770 bits per heavy atom. The largest absolute Gasteiger partial charge is 0.461 e. The number of primary amides is 1. The molecule has 2 aromatic carbocycles. The van der Waals surface area contributed by atoms with Crippen LogP contribution in [0.5, 0.6) is 0 Å². The normalized spacial score (nSPS) is 18.1. The number of benzene rings is 2.